The van der Waals surface area contributed by atoms with Crippen molar-refractivity contribution in [3.63, 3.8) is 0 Å². The molecule has 2 amide bonds. The van der Waals surface area contributed by atoms with E-state index >= 15 is 0 Å². The van der Waals surface area contributed by atoms with Gasteiger partial charge in [-0.1, -0.05) is 65.2 Å². The molecule has 5 rings (SSSR count). The Kier molecular flexibility index (Phi) is 5.20. The lowest BCUT2D eigenvalue weighted by Crippen LogP contribution is -2.37. The summed E-state index contributed by atoms with van der Waals surface area (Å²) in [6, 6.07) is 19.6. The normalized spacial score (nSPS) is 22.6. The Morgan fingerprint density at radius 2 is 1.62 bits per heavy atom. The minimum Gasteiger partial charge on any atom is -0.273 e. The fourth-order valence-corrected chi connectivity index (χ4v) is 5.08. The molecule has 0 aliphatic carbocycles. The Balaban J connectivity index is 1.62. The fourth-order valence-electron chi connectivity index (χ4n) is 4.56. The van der Waals surface area contributed by atoms with Gasteiger partial charge >= 0.3 is 0 Å². The van der Waals surface area contributed by atoms with Crippen LogP contribution in [0.1, 0.15) is 22.7 Å². The molecule has 162 valence electrons. The molecule has 0 aromatic heterocycles. The molecule has 0 radical (unpaired) electrons. The minimum absolute atomic E-state index is 0.304. The standard InChI is InChI=1S/C25H20Cl2N2O3/c1-14-8-11-20(15(2)12-14)28-24(30)21-22(18-10-9-16(26)13-19(18)27)29(32-23(21)25(28)31)17-6-4-3-5-7-17/h3-13,21-23H,1-2H3/t21-,22-,23+/m0/s1. The molecule has 0 bridgehead atoms. The van der Waals surface area contributed by atoms with E-state index in [2.05, 4.69) is 0 Å². The summed E-state index contributed by atoms with van der Waals surface area (Å²) < 4.78 is 0. The first-order chi connectivity index (χ1) is 15.4. The summed E-state index contributed by atoms with van der Waals surface area (Å²) in [4.78, 5) is 34.5. The summed E-state index contributed by atoms with van der Waals surface area (Å²) in [5.74, 6) is -1.43. The lowest BCUT2D eigenvalue weighted by Gasteiger charge is -2.29. The van der Waals surface area contributed by atoms with Crippen molar-refractivity contribution in [3.05, 3.63) is 93.5 Å². The highest BCUT2D eigenvalue weighted by atomic mass is 35.5. The third-order valence-corrected chi connectivity index (χ3v) is 6.56. The number of amides is 2. The SMILES string of the molecule is Cc1ccc(N2C(=O)[C@@H]3[C@@H](ON(c4ccccc4)[C@H]3c3ccc(Cl)cc3Cl)C2=O)c(C)c1. The summed E-state index contributed by atoms with van der Waals surface area (Å²) in [7, 11) is 0. The van der Waals surface area contributed by atoms with Gasteiger partial charge in [0.25, 0.3) is 5.91 Å². The van der Waals surface area contributed by atoms with Crippen molar-refractivity contribution < 1.29 is 14.4 Å². The van der Waals surface area contributed by atoms with Crippen LogP contribution in [0.2, 0.25) is 10.0 Å². The predicted molar refractivity (Wildman–Crippen MR) is 125 cm³/mol. The number of fused-ring (bicyclic) bond motifs is 1. The van der Waals surface area contributed by atoms with E-state index in [1.165, 1.54) is 4.90 Å². The molecule has 2 fully saturated rings. The van der Waals surface area contributed by atoms with Gasteiger partial charge in [0.05, 0.1) is 17.4 Å². The van der Waals surface area contributed by atoms with Gasteiger partial charge in [-0.05, 0) is 55.3 Å². The van der Waals surface area contributed by atoms with E-state index in [4.69, 9.17) is 28.0 Å². The molecule has 3 atom stereocenters. The van der Waals surface area contributed by atoms with Crippen LogP contribution in [0.25, 0.3) is 0 Å². The van der Waals surface area contributed by atoms with Crippen LogP contribution in [0.4, 0.5) is 11.4 Å². The van der Waals surface area contributed by atoms with Crippen LogP contribution in [0.15, 0.2) is 66.7 Å². The van der Waals surface area contributed by atoms with Gasteiger partial charge in [-0.15, -0.1) is 0 Å². The van der Waals surface area contributed by atoms with E-state index in [1.807, 2.05) is 56.3 Å². The highest BCUT2D eigenvalue weighted by molar-refractivity contribution is 6.35. The first-order valence-electron chi connectivity index (χ1n) is 10.3. The number of aryl methyl sites for hydroxylation is 2. The molecular formula is C25H20Cl2N2O3. The zero-order chi connectivity index (χ0) is 22.6. The van der Waals surface area contributed by atoms with E-state index < -0.39 is 18.1 Å². The first-order valence-corrected chi connectivity index (χ1v) is 11.0. The lowest BCUT2D eigenvalue weighted by atomic mass is 9.90. The van der Waals surface area contributed by atoms with Crippen LogP contribution in [0, 0.1) is 19.8 Å². The largest absolute Gasteiger partial charge is 0.273 e. The quantitative estimate of drug-likeness (QED) is 0.467. The van der Waals surface area contributed by atoms with Crippen LogP contribution in [-0.2, 0) is 14.4 Å². The van der Waals surface area contributed by atoms with Crippen molar-refractivity contribution in [2.24, 2.45) is 5.92 Å². The van der Waals surface area contributed by atoms with E-state index in [0.29, 0.717) is 21.3 Å². The number of hydroxylamine groups is 1. The Morgan fingerprint density at radius 1 is 0.875 bits per heavy atom. The van der Waals surface area contributed by atoms with Crippen molar-refractivity contribution in [1.29, 1.82) is 0 Å². The molecule has 0 N–H and O–H groups in total. The fraction of sp³-hybridized carbons (Fsp3) is 0.200. The second-order valence-corrected chi connectivity index (χ2v) is 8.97. The van der Waals surface area contributed by atoms with E-state index in [9.17, 15) is 9.59 Å². The molecule has 0 saturated carbocycles. The molecule has 2 aliphatic heterocycles. The topological polar surface area (TPSA) is 49.9 Å². The molecule has 0 spiro atoms. The van der Waals surface area contributed by atoms with Gasteiger partial charge in [-0.25, -0.2) is 9.96 Å². The number of halogens is 2. The monoisotopic (exact) mass is 466 g/mol. The third kappa shape index (κ3) is 3.28. The maximum absolute atomic E-state index is 13.7. The number of hydrogen-bond donors (Lipinski definition) is 0. The highest BCUT2D eigenvalue weighted by Gasteiger charge is 2.60. The van der Waals surface area contributed by atoms with Crippen molar-refractivity contribution >= 4 is 46.4 Å². The zero-order valence-electron chi connectivity index (χ0n) is 17.5. The summed E-state index contributed by atoms with van der Waals surface area (Å²) >= 11 is 12.7. The van der Waals surface area contributed by atoms with Crippen LogP contribution < -0.4 is 9.96 Å². The molecule has 0 unspecified atom stereocenters. The van der Waals surface area contributed by atoms with E-state index in [-0.39, 0.29) is 11.8 Å². The van der Waals surface area contributed by atoms with Gasteiger partial charge in [0.1, 0.15) is 5.92 Å². The number of carbonyl (C=O) groups is 2. The molecule has 3 aromatic rings. The van der Waals surface area contributed by atoms with E-state index in [1.54, 1.807) is 29.3 Å². The molecule has 2 heterocycles. The number of imide groups is 1. The second-order valence-electron chi connectivity index (χ2n) is 8.13. The maximum Gasteiger partial charge on any atom is 0.266 e. The smallest absolute Gasteiger partial charge is 0.266 e. The molecule has 2 aliphatic rings. The minimum atomic E-state index is -0.944. The molecule has 5 nitrogen and oxygen atoms in total. The summed E-state index contributed by atoms with van der Waals surface area (Å²) in [6.07, 6.45) is -0.944. The summed E-state index contributed by atoms with van der Waals surface area (Å²) in [6.45, 7) is 3.86. The Hall–Kier alpha value is -2.86. The number of carbonyl (C=O) groups excluding carboxylic acids is 2. The average molecular weight is 467 g/mol. The number of nitrogens with zero attached hydrogens (tertiary/aromatic N) is 2. The van der Waals surface area contributed by atoms with Crippen LogP contribution in [-0.4, -0.2) is 17.9 Å². The Labute approximate surface area is 196 Å². The average Bonchev–Trinajstić information content (AvgIpc) is 3.26. The molecule has 7 heteroatoms. The summed E-state index contributed by atoms with van der Waals surface area (Å²) in [5.41, 5.74) is 3.90. The van der Waals surface area contributed by atoms with Gasteiger partial charge in [0, 0.05) is 10.0 Å². The van der Waals surface area contributed by atoms with Crippen molar-refractivity contribution in [1.82, 2.24) is 0 Å². The number of hydrogen-bond acceptors (Lipinski definition) is 4. The highest BCUT2D eigenvalue weighted by Crippen LogP contribution is 2.49. The Morgan fingerprint density at radius 3 is 2.31 bits per heavy atom. The molecular weight excluding hydrogens is 447 g/mol. The summed E-state index contributed by atoms with van der Waals surface area (Å²) in [5, 5.41) is 2.53. The molecule has 3 aromatic carbocycles. The molecule has 32 heavy (non-hydrogen) atoms. The second kappa shape index (κ2) is 7.93. The van der Waals surface area contributed by atoms with E-state index in [0.717, 1.165) is 16.8 Å². The van der Waals surface area contributed by atoms with Gasteiger partial charge in [0.15, 0.2) is 6.10 Å². The van der Waals surface area contributed by atoms with Crippen LogP contribution >= 0.6 is 23.2 Å². The number of benzene rings is 3. The maximum atomic E-state index is 13.7. The first kappa shape index (κ1) is 21.0. The number of rotatable bonds is 3. The van der Waals surface area contributed by atoms with Crippen molar-refractivity contribution in [3.8, 4) is 0 Å². The number of para-hydroxylation sites is 1. The predicted octanol–water partition coefficient (Wildman–Crippen LogP) is 5.66. The zero-order valence-corrected chi connectivity index (χ0v) is 19.0. The molecule has 2 saturated heterocycles. The lowest BCUT2D eigenvalue weighted by molar-refractivity contribution is -0.126. The van der Waals surface area contributed by atoms with Crippen LogP contribution in [0.3, 0.4) is 0 Å². The third-order valence-electron chi connectivity index (χ3n) is 6.00. The van der Waals surface area contributed by atoms with Crippen molar-refractivity contribution in [2.75, 3.05) is 9.96 Å². The van der Waals surface area contributed by atoms with Gasteiger partial charge in [-0.3, -0.25) is 14.4 Å². The van der Waals surface area contributed by atoms with Crippen molar-refractivity contribution in [2.45, 2.75) is 26.0 Å². The van der Waals surface area contributed by atoms with Gasteiger partial charge in [-0.2, -0.15) is 0 Å². The Bertz CT molecular complexity index is 1230. The van der Waals surface area contributed by atoms with Gasteiger partial charge < -0.3 is 0 Å². The van der Waals surface area contributed by atoms with Gasteiger partial charge in [0.2, 0.25) is 5.91 Å². The number of anilines is 2. The van der Waals surface area contributed by atoms with Crippen LogP contribution in [0.5, 0.6) is 0 Å².